The number of anilines is 1. The third-order valence-corrected chi connectivity index (χ3v) is 2.79. The molecule has 0 spiro atoms. The van der Waals surface area contributed by atoms with Crippen LogP contribution in [-0.2, 0) is 6.54 Å². The highest BCUT2D eigenvalue weighted by molar-refractivity contribution is 7.13. The highest BCUT2D eigenvalue weighted by Gasteiger charge is 2.09. The minimum atomic E-state index is 0.563. The molecule has 1 rings (SSSR count). The monoisotopic (exact) mass is 199 g/mol. The lowest BCUT2D eigenvalue weighted by Crippen LogP contribution is -2.30. The Morgan fingerprint density at radius 2 is 2.31 bits per heavy atom. The summed E-state index contributed by atoms with van der Waals surface area (Å²) in [6, 6.07) is 0.563. The van der Waals surface area contributed by atoms with Crippen LogP contribution in [0.25, 0.3) is 0 Å². The highest BCUT2D eigenvalue weighted by atomic mass is 32.1. The predicted octanol–water partition coefficient (Wildman–Crippen LogP) is 1.96. The second-order valence-electron chi connectivity index (χ2n) is 3.33. The van der Waals surface area contributed by atoms with Crippen molar-refractivity contribution in [2.75, 3.05) is 12.3 Å². The van der Waals surface area contributed by atoms with Gasteiger partial charge in [0.2, 0.25) is 0 Å². The minimum Gasteiger partial charge on any atom is -0.375 e. The van der Waals surface area contributed by atoms with E-state index in [1.807, 2.05) is 5.38 Å². The number of nitrogen functional groups attached to an aromatic ring is 1. The van der Waals surface area contributed by atoms with Gasteiger partial charge >= 0.3 is 0 Å². The van der Waals surface area contributed by atoms with Crippen LogP contribution in [0.4, 0.5) is 5.13 Å². The summed E-state index contributed by atoms with van der Waals surface area (Å²) in [7, 11) is 0. The van der Waals surface area contributed by atoms with Crippen molar-refractivity contribution in [1.82, 2.24) is 9.88 Å². The lowest BCUT2D eigenvalue weighted by atomic mass is 10.3. The van der Waals surface area contributed by atoms with Crippen molar-refractivity contribution in [3.63, 3.8) is 0 Å². The number of hydrogen-bond donors (Lipinski definition) is 1. The fourth-order valence-corrected chi connectivity index (χ4v) is 1.82. The second kappa shape index (κ2) is 4.58. The highest BCUT2D eigenvalue weighted by Crippen LogP contribution is 2.13. The van der Waals surface area contributed by atoms with Crippen LogP contribution in [0, 0.1) is 0 Å². The van der Waals surface area contributed by atoms with Crippen LogP contribution in [-0.4, -0.2) is 22.5 Å². The molecule has 0 bridgehead atoms. The quantitative estimate of drug-likeness (QED) is 0.806. The van der Waals surface area contributed by atoms with E-state index >= 15 is 0 Å². The molecule has 0 aliphatic rings. The molecule has 2 N–H and O–H groups in total. The zero-order valence-corrected chi connectivity index (χ0v) is 9.27. The maximum Gasteiger partial charge on any atom is 0.180 e. The van der Waals surface area contributed by atoms with Gasteiger partial charge in [-0.2, -0.15) is 0 Å². The van der Waals surface area contributed by atoms with Gasteiger partial charge in [0.05, 0.1) is 5.69 Å². The summed E-state index contributed by atoms with van der Waals surface area (Å²) >= 11 is 1.51. The summed E-state index contributed by atoms with van der Waals surface area (Å²) in [5.41, 5.74) is 6.64. The van der Waals surface area contributed by atoms with Crippen molar-refractivity contribution in [3.8, 4) is 0 Å². The van der Waals surface area contributed by atoms with E-state index in [1.54, 1.807) is 0 Å². The summed E-state index contributed by atoms with van der Waals surface area (Å²) in [6.07, 6.45) is 0. The van der Waals surface area contributed by atoms with Crippen molar-refractivity contribution in [2.45, 2.75) is 33.4 Å². The van der Waals surface area contributed by atoms with Gasteiger partial charge in [-0.05, 0) is 20.4 Å². The third kappa shape index (κ3) is 2.97. The number of rotatable bonds is 4. The van der Waals surface area contributed by atoms with Crippen molar-refractivity contribution in [2.24, 2.45) is 0 Å². The molecule has 0 atom stereocenters. The molecule has 4 heteroatoms. The molecule has 0 saturated carbocycles. The number of nitrogens with zero attached hydrogens (tertiary/aromatic N) is 2. The molecule has 0 aliphatic carbocycles. The Kier molecular flexibility index (Phi) is 3.69. The fraction of sp³-hybridized carbons (Fsp3) is 0.667. The maximum atomic E-state index is 5.56. The van der Waals surface area contributed by atoms with Gasteiger partial charge in [-0.15, -0.1) is 11.3 Å². The summed E-state index contributed by atoms with van der Waals surface area (Å²) in [6.45, 7) is 8.51. The molecule has 0 aliphatic heterocycles. The molecule has 1 heterocycles. The summed E-state index contributed by atoms with van der Waals surface area (Å²) in [5, 5.41) is 2.69. The molecule has 13 heavy (non-hydrogen) atoms. The van der Waals surface area contributed by atoms with Crippen LogP contribution < -0.4 is 5.73 Å². The van der Waals surface area contributed by atoms with Crippen LogP contribution in [0.1, 0.15) is 26.5 Å². The summed E-state index contributed by atoms with van der Waals surface area (Å²) < 4.78 is 0. The average molecular weight is 199 g/mol. The second-order valence-corrected chi connectivity index (χ2v) is 4.22. The van der Waals surface area contributed by atoms with Crippen LogP contribution in [0.15, 0.2) is 5.38 Å². The Hall–Kier alpha value is -0.610. The van der Waals surface area contributed by atoms with Crippen molar-refractivity contribution >= 4 is 16.5 Å². The minimum absolute atomic E-state index is 0.563. The molecular weight excluding hydrogens is 182 g/mol. The van der Waals surface area contributed by atoms with E-state index in [4.69, 9.17) is 5.73 Å². The van der Waals surface area contributed by atoms with Gasteiger partial charge in [0.25, 0.3) is 0 Å². The third-order valence-electron chi connectivity index (χ3n) is 2.07. The maximum absolute atomic E-state index is 5.56. The molecule has 0 radical (unpaired) electrons. The van der Waals surface area contributed by atoms with Gasteiger partial charge < -0.3 is 5.73 Å². The SMILES string of the molecule is CCN(Cc1csc(N)n1)C(C)C. The van der Waals surface area contributed by atoms with E-state index in [1.165, 1.54) is 11.3 Å². The summed E-state index contributed by atoms with van der Waals surface area (Å²) in [5.74, 6) is 0. The van der Waals surface area contributed by atoms with Gasteiger partial charge in [-0.3, -0.25) is 4.90 Å². The molecule has 0 saturated heterocycles. The van der Waals surface area contributed by atoms with E-state index in [9.17, 15) is 0 Å². The van der Waals surface area contributed by atoms with Crippen molar-refractivity contribution in [3.05, 3.63) is 11.1 Å². The Balaban J connectivity index is 2.56. The van der Waals surface area contributed by atoms with E-state index in [0.717, 1.165) is 18.8 Å². The number of hydrogen-bond acceptors (Lipinski definition) is 4. The van der Waals surface area contributed by atoms with Gasteiger partial charge in [0.1, 0.15) is 0 Å². The average Bonchev–Trinajstić information content (AvgIpc) is 2.46. The Morgan fingerprint density at radius 3 is 2.69 bits per heavy atom. The molecular formula is C9H17N3S. The van der Waals surface area contributed by atoms with Gasteiger partial charge in [0, 0.05) is 18.0 Å². The van der Waals surface area contributed by atoms with Crippen molar-refractivity contribution in [1.29, 1.82) is 0 Å². The van der Waals surface area contributed by atoms with Gasteiger partial charge in [0.15, 0.2) is 5.13 Å². The van der Waals surface area contributed by atoms with E-state index in [2.05, 4.69) is 30.7 Å². The van der Waals surface area contributed by atoms with Crippen LogP contribution in [0.3, 0.4) is 0 Å². The Labute approximate surface area is 83.6 Å². The molecule has 0 aromatic carbocycles. The molecule has 74 valence electrons. The first-order valence-corrected chi connectivity index (χ1v) is 5.45. The molecule has 1 aromatic heterocycles. The zero-order chi connectivity index (χ0) is 9.84. The number of aromatic nitrogens is 1. The lowest BCUT2D eigenvalue weighted by Gasteiger charge is -2.23. The van der Waals surface area contributed by atoms with Crippen molar-refractivity contribution < 1.29 is 0 Å². The standard InChI is InChI=1S/C9H17N3S/c1-4-12(7(2)3)5-8-6-13-9(10)11-8/h6-7H,4-5H2,1-3H3,(H2,10,11). The van der Waals surface area contributed by atoms with Crippen LogP contribution in [0.2, 0.25) is 0 Å². The topological polar surface area (TPSA) is 42.1 Å². The first-order valence-electron chi connectivity index (χ1n) is 4.57. The summed E-state index contributed by atoms with van der Waals surface area (Å²) in [4.78, 5) is 6.59. The zero-order valence-electron chi connectivity index (χ0n) is 8.45. The first kappa shape index (κ1) is 10.5. The lowest BCUT2D eigenvalue weighted by molar-refractivity contribution is 0.223. The number of nitrogens with two attached hydrogens (primary N) is 1. The van der Waals surface area contributed by atoms with Crippen LogP contribution >= 0.6 is 11.3 Å². The molecule has 1 aromatic rings. The fourth-order valence-electron chi connectivity index (χ4n) is 1.26. The predicted molar refractivity (Wildman–Crippen MR) is 57.7 cm³/mol. The first-order chi connectivity index (χ1) is 6.13. The molecule has 0 fully saturated rings. The number of thiazole rings is 1. The molecule has 3 nitrogen and oxygen atoms in total. The van der Waals surface area contributed by atoms with E-state index < -0.39 is 0 Å². The Morgan fingerprint density at radius 1 is 1.62 bits per heavy atom. The Bertz CT molecular complexity index is 257. The van der Waals surface area contributed by atoms with Gasteiger partial charge in [-0.25, -0.2) is 4.98 Å². The smallest absolute Gasteiger partial charge is 0.180 e. The molecule has 0 unspecified atom stereocenters. The van der Waals surface area contributed by atoms with E-state index in [0.29, 0.717) is 11.2 Å². The van der Waals surface area contributed by atoms with Gasteiger partial charge in [-0.1, -0.05) is 6.92 Å². The molecule has 0 amide bonds. The van der Waals surface area contributed by atoms with E-state index in [-0.39, 0.29) is 0 Å². The van der Waals surface area contributed by atoms with Crippen LogP contribution in [0.5, 0.6) is 0 Å². The normalized spacial score (nSPS) is 11.5. The largest absolute Gasteiger partial charge is 0.375 e.